The van der Waals surface area contributed by atoms with Gasteiger partial charge < -0.3 is 46.3 Å². The molecular weight excluding hydrogens is 950 g/mol. The van der Waals surface area contributed by atoms with Gasteiger partial charge in [-0.3, -0.25) is 33.7 Å². The summed E-state index contributed by atoms with van der Waals surface area (Å²) in [5.74, 6) is -5.44. The number of hydrogen-bond acceptors (Lipinski definition) is 11. The van der Waals surface area contributed by atoms with Crippen molar-refractivity contribution in [1.82, 2.24) is 25.4 Å². The first-order valence-corrected chi connectivity index (χ1v) is 24.1. The summed E-state index contributed by atoms with van der Waals surface area (Å²) in [6.07, 6.45) is 4.99. The van der Waals surface area contributed by atoms with Crippen LogP contribution in [0, 0.1) is 23.1 Å². The van der Waals surface area contributed by atoms with Crippen LogP contribution in [-0.2, 0) is 35.3 Å². The molecule has 71 heavy (non-hydrogen) atoms. The quantitative estimate of drug-likeness (QED) is 0.0525. The van der Waals surface area contributed by atoms with Crippen molar-refractivity contribution < 1.29 is 57.0 Å². The summed E-state index contributed by atoms with van der Waals surface area (Å²) < 4.78 is 37.1. The third kappa shape index (κ3) is 12.4. The zero-order chi connectivity index (χ0) is 51.3. The number of imide groups is 1. The Balaban J connectivity index is 0.918. The fraction of sp³-hybridized carbons (Fsp3) is 0.490. The van der Waals surface area contributed by atoms with Crippen LogP contribution in [0.4, 0.5) is 29.7 Å². The number of anilines is 2. The molecule has 5 atom stereocenters. The minimum atomic E-state index is -1.53. The van der Waals surface area contributed by atoms with E-state index in [-0.39, 0.29) is 103 Å². The number of alkyl halides is 1. The topological polar surface area (TPSA) is 269 Å². The Morgan fingerprint density at radius 1 is 1.00 bits per heavy atom. The maximum atomic E-state index is 15.9. The zero-order valence-corrected chi connectivity index (χ0v) is 40.0. The van der Waals surface area contributed by atoms with Crippen LogP contribution >= 0.6 is 11.6 Å². The average molecular weight is 1010 g/mol. The summed E-state index contributed by atoms with van der Waals surface area (Å²) in [4.78, 5) is 116. The van der Waals surface area contributed by atoms with Crippen LogP contribution in [0.15, 0.2) is 53.5 Å². The minimum Gasteiger partial charge on any atom is -0.477 e. The van der Waals surface area contributed by atoms with Gasteiger partial charge in [-0.05, 0) is 68.2 Å². The Kier molecular flexibility index (Phi) is 16.1. The van der Waals surface area contributed by atoms with Gasteiger partial charge in [0.25, 0.3) is 11.8 Å². The number of carbonyl (C=O) groups is 8. The molecule has 2 aliphatic heterocycles. The van der Waals surface area contributed by atoms with Crippen molar-refractivity contribution in [1.29, 1.82) is 0 Å². The molecule has 0 radical (unpaired) electrons. The van der Waals surface area contributed by atoms with Gasteiger partial charge in [-0.1, -0.05) is 44.0 Å². The smallest absolute Gasteiger partial charge is 0.407 e. The van der Waals surface area contributed by atoms with E-state index in [4.69, 9.17) is 22.1 Å². The molecule has 1 saturated heterocycles. The standard InChI is InChI=1S/C49H57ClF2N8O11/c1-26(2)41(57-37(62)8-4-3-5-18-59-38(63)13-14-39(59)64)35(61)19-28(7-6-17-54-47(53)69)45(66)55-29-11-9-27(10-12-29)24-71-48(70)56-36-23-58(25-49(36)15-16-49)43-33(52)20-30-42(40(43)50)60(34-21-32(34)51)22-31(44(30)65)46(67)68/h9-14,20,22,26,28,32,34,36,41H,3-8,15-19,21,23-25H2,1-2H3,(H,55,66)(H,56,70)(H,57,62)(H,67,68)(H3,53,54,69)/t28-,32+,34-,36-,41+/m1/s1. The number of benzene rings is 2. The number of nitrogens with two attached hydrogens (primary N) is 1. The Morgan fingerprint density at radius 2 is 1.69 bits per heavy atom. The van der Waals surface area contributed by atoms with Gasteiger partial charge in [-0.25, -0.2) is 23.2 Å². The molecule has 380 valence electrons. The lowest BCUT2D eigenvalue weighted by atomic mass is 9.89. The van der Waals surface area contributed by atoms with E-state index in [9.17, 15) is 52.6 Å². The van der Waals surface area contributed by atoms with Gasteiger partial charge in [0.05, 0.1) is 39.7 Å². The number of ketones is 1. The molecule has 1 spiro atoms. The molecule has 2 saturated carbocycles. The molecule has 1 aromatic heterocycles. The molecule has 7 N–H and O–H groups in total. The molecule has 0 bridgehead atoms. The lowest BCUT2D eigenvalue weighted by Gasteiger charge is -2.24. The van der Waals surface area contributed by atoms with Crippen molar-refractivity contribution in [2.75, 3.05) is 36.4 Å². The van der Waals surface area contributed by atoms with Gasteiger partial charge in [0, 0.05) is 80.8 Å². The van der Waals surface area contributed by atoms with Crippen LogP contribution in [0.25, 0.3) is 10.9 Å². The number of nitrogens with zero attached hydrogens (tertiary/aromatic N) is 3. The van der Waals surface area contributed by atoms with Gasteiger partial charge in [-0.15, -0.1) is 0 Å². The number of carboxylic acid groups (broad SMARTS) is 1. The van der Waals surface area contributed by atoms with Crippen molar-refractivity contribution in [2.24, 2.45) is 23.0 Å². The molecule has 3 fully saturated rings. The first-order valence-electron chi connectivity index (χ1n) is 23.7. The van der Waals surface area contributed by atoms with Crippen LogP contribution < -0.4 is 37.3 Å². The first kappa shape index (κ1) is 51.9. The number of unbranched alkanes of at least 4 members (excludes halogenated alkanes) is 2. The number of aromatic carboxylic acids is 1. The number of primary amides is 1. The van der Waals surface area contributed by atoms with E-state index in [2.05, 4.69) is 21.3 Å². The van der Waals surface area contributed by atoms with Crippen LogP contribution in [0.2, 0.25) is 5.02 Å². The highest BCUT2D eigenvalue weighted by Crippen LogP contribution is 2.55. The summed E-state index contributed by atoms with van der Waals surface area (Å²) in [6, 6.07) is 4.57. The maximum absolute atomic E-state index is 15.9. The molecule has 3 heterocycles. The maximum Gasteiger partial charge on any atom is 0.407 e. The number of fused-ring (bicyclic) bond motifs is 1. The van der Waals surface area contributed by atoms with E-state index in [0.717, 1.165) is 30.0 Å². The Bertz CT molecular complexity index is 2690. The highest BCUT2D eigenvalue weighted by Gasteiger charge is 2.56. The number of halogens is 3. The second-order valence-electron chi connectivity index (χ2n) is 19.1. The molecule has 2 aromatic carbocycles. The van der Waals surface area contributed by atoms with Crippen molar-refractivity contribution in [3.8, 4) is 0 Å². The van der Waals surface area contributed by atoms with Crippen molar-refractivity contribution in [3.63, 3.8) is 0 Å². The fourth-order valence-electron chi connectivity index (χ4n) is 9.35. The number of ether oxygens (including phenoxy) is 1. The van der Waals surface area contributed by atoms with E-state index in [1.165, 1.54) is 16.7 Å². The number of amides is 7. The molecule has 4 aliphatic rings. The van der Waals surface area contributed by atoms with Gasteiger partial charge in [0.15, 0.2) is 5.78 Å². The average Bonchev–Trinajstić information content (AvgIpc) is 4.20. The summed E-state index contributed by atoms with van der Waals surface area (Å²) in [5.41, 5.74) is 4.18. The molecule has 3 aromatic rings. The van der Waals surface area contributed by atoms with E-state index < -0.39 is 76.4 Å². The lowest BCUT2D eigenvalue weighted by molar-refractivity contribution is -0.137. The predicted molar refractivity (Wildman–Crippen MR) is 256 cm³/mol. The monoisotopic (exact) mass is 1010 g/mol. The third-order valence-electron chi connectivity index (χ3n) is 13.6. The minimum absolute atomic E-state index is 0.0329. The van der Waals surface area contributed by atoms with Crippen LogP contribution in [0.1, 0.15) is 100 Å². The van der Waals surface area contributed by atoms with Gasteiger partial charge >= 0.3 is 18.1 Å². The molecule has 0 unspecified atom stereocenters. The zero-order valence-electron chi connectivity index (χ0n) is 39.3. The van der Waals surface area contributed by atoms with Crippen molar-refractivity contribution in [3.05, 3.63) is 80.9 Å². The SMILES string of the molecule is CC(C)[C@H](NC(=O)CCCCCN1C(=O)C=CC1=O)C(=O)C[C@@H](CCCNC(N)=O)C(=O)Nc1ccc(COC(=O)N[C@@H]2CN(c3c(F)cc4c(=O)c(C(=O)O)cn([C@@H]5C[C@@H]5F)c4c3Cl)CC23CC3)cc1. The number of urea groups is 1. The van der Waals surface area contributed by atoms with Gasteiger partial charge in [-0.2, -0.15) is 0 Å². The van der Waals surface area contributed by atoms with Crippen LogP contribution in [-0.4, -0.2) is 107 Å². The second-order valence-corrected chi connectivity index (χ2v) is 19.5. The molecule has 19 nitrogen and oxygen atoms in total. The predicted octanol–water partition coefficient (Wildman–Crippen LogP) is 5.26. The first-order chi connectivity index (χ1) is 33.8. The number of alkyl carbamates (subject to hydrolysis) is 1. The number of pyridine rings is 1. The number of rotatable bonds is 23. The number of carbonyl (C=O) groups excluding carboxylic acids is 7. The van der Waals surface area contributed by atoms with Crippen molar-refractivity contribution >= 4 is 81.4 Å². The number of nitrogens with one attached hydrogen (secondary N) is 4. The summed E-state index contributed by atoms with van der Waals surface area (Å²) in [7, 11) is 0. The third-order valence-corrected chi connectivity index (χ3v) is 13.9. The van der Waals surface area contributed by atoms with E-state index in [1.807, 2.05) is 0 Å². The lowest BCUT2D eigenvalue weighted by Crippen LogP contribution is -2.45. The summed E-state index contributed by atoms with van der Waals surface area (Å²) in [5, 5.41) is 20.2. The molecular formula is C49H57ClF2N8O11. The van der Waals surface area contributed by atoms with E-state index in [0.29, 0.717) is 43.5 Å². The van der Waals surface area contributed by atoms with E-state index in [1.54, 1.807) is 43.0 Å². The van der Waals surface area contributed by atoms with Gasteiger partial charge in [0.2, 0.25) is 17.2 Å². The molecule has 2 aliphatic carbocycles. The number of carboxylic acids is 1. The van der Waals surface area contributed by atoms with E-state index >= 15 is 4.39 Å². The summed E-state index contributed by atoms with van der Waals surface area (Å²) >= 11 is 6.82. The molecule has 7 rings (SSSR count). The van der Waals surface area contributed by atoms with Crippen LogP contribution in [0.3, 0.4) is 0 Å². The Morgan fingerprint density at radius 3 is 2.31 bits per heavy atom. The normalized spacial score (nSPS) is 19.5. The molecule has 22 heteroatoms. The highest BCUT2D eigenvalue weighted by molar-refractivity contribution is 6.38. The number of hydrogen-bond donors (Lipinski definition) is 6. The number of Topliss-reactive ketones (excluding diaryl/α,β-unsaturated/α-hetero) is 1. The molecule has 7 amide bonds. The summed E-state index contributed by atoms with van der Waals surface area (Å²) in [6.45, 7) is 4.27. The van der Waals surface area contributed by atoms with Gasteiger partial charge in [0.1, 0.15) is 24.2 Å². The second kappa shape index (κ2) is 22.0. The fourth-order valence-corrected chi connectivity index (χ4v) is 9.76. The van der Waals surface area contributed by atoms with Crippen molar-refractivity contribution in [2.45, 2.75) is 109 Å². The Labute approximate surface area is 411 Å². The largest absolute Gasteiger partial charge is 0.477 e. The Hall–Kier alpha value is -6.90. The van der Waals surface area contributed by atoms with Crippen LogP contribution in [0.5, 0.6) is 0 Å². The number of aromatic nitrogens is 1. The highest BCUT2D eigenvalue weighted by atomic mass is 35.5.